The highest BCUT2D eigenvalue weighted by Gasteiger charge is 2.32. The number of nitrogens with zero attached hydrogens (tertiary/aromatic N) is 1. The van der Waals surface area contributed by atoms with E-state index in [4.69, 9.17) is 10.5 Å². The molecule has 2 aliphatic rings. The van der Waals surface area contributed by atoms with Crippen LogP contribution >= 0.6 is 0 Å². The molecule has 1 fully saturated rings. The summed E-state index contributed by atoms with van der Waals surface area (Å²) in [5.41, 5.74) is 5.89. The van der Waals surface area contributed by atoms with Crippen molar-refractivity contribution in [3.05, 3.63) is 12.2 Å². The molecule has 1 amide bonds. The van der Waals surface area contributed by atoms with E-state index in [1.165, 1.54) is 0 Å². The monoisotopic (exact) mass is 252 g/mol. The Morgan fingerprint density at radius 3 is 3.00 bits per heavy atom. The van der Waals surface area contributed by atoms with Crippen LogP contribution in [0.2, 0.25) is 0 Å². The van der Waals surface area contributed by atoms with Gasteiger partial charge in [-0.1, -0.05) is 12.2 Å². The summed E-state index contributed by atoms with van der Waals surface area (Å²) >= 11 is 0. The van der Waals surface area contributed by atoms with E-state index in [1.807, 2.05) is 12.2 Å². The number of amides is 1. The van der Waals surface area contributed by atoms with Crippen LogP contribution in [-0.4, -0.2) is 42.0 Å². The molecule has 2 N–H and O–H groups in total. The summed E-state index contributed by atoms with van der Waals surface area (Å²) in [4.78, 5) is 25.4. The first kappa shape index (κ1) is 13.1. The summed E-state index contributed by atoms with van der Waals surface area (Å²) < 4.78 is 5.20. The number of fused-ring (bicyclic) bond motifs is 1. The van der Waals surface area contributed by atoms with Gasteiger partial charge in [-0.25, -0.2) is 0 Å². The zero-order valence-electron chi connectivity index (χ0n) is 10.5. The Balaban J connectivity index is 2.08. The van der Waals surface area contributed by atoms with E-state index in [0.717, 1.165) is 19.4 Å². The maximum Gasteiger partial charge on any atom is 0.306 e. The molecule has 18 heavy (non-hydrogen) atoms. The summed E-state index contributed by atoms with van der Waals surface area (Å²) in [5.74, 6) is -0.220. The number of rotatable bonds is 0. The Morgan fingerprint density at radius 2 is 2.17 bits per heavy atom. The van der Waals surface area contributed by atoms with Crippen molar-refractivity contribution in [2.75, 3.05) is 13.2 Å². The zero-order chi connectivity index (χ0) is 13.0. The van der Waals surface area contributed by atoms with E-state index in [2.05, 4.69) is 0 Å². The summed E-state index contributed by atoms with van der Waals surface area (Å²) in [6.07, 6.45) is 7.19. The predicted octanol–water partition coefficient (Wildman–Crippen LogP) is 0.588. The molecule has 0 aromatic rings. The SMILES string of the molecule is N[C@@H]1C/C=C/CCC(=O)OC[C@@H]2CCCN2C1=O. The minimum absolute atomic E-state index is 0.0101. The average Bonchev–Trinajstić information content (AvgIpc) is 2.81. The molecular weight excluding hydrogens is 232 g/mol. The third-order valence-corrected chi connectivity index (χ3v) is 3.49. The smallest absolute Gasteiger partial charge is 0.306 e. The van der Waals surface area contributed by atoms with Gasteiger partial charge in [0.15, 0.2) is 0 Å². The fourth-order valence-corrected chi connectivity index (χ4v) is 2.44. The van der Waals surface area contributed by atoms with E-state index in [0.29, 0.717) is 25.9 Å². The number of cyclic esters (lactones) is 1. The predicted molar refractivity (Wildman–Crippen MR) is 66.7 cm³/mol. The molecular formula is C13H20N2O3. The molecule has 5 heteroatoms. The second-order valence-electron chi connectivity index (χ2n) is 4.86. The first-order valence-electron chi connectivity index (χ1n) is 6.55. The molecule has 5 nitrogen and oxygen atoms in total. The van der Waals surface area contributed by atoms with Crippen LogP contribution in [0.3, 0.4) is 0 Å². The Morgan fingerprint density at radius 1 is 1.33 bits per heavy atom. The minimum atomic E-state index is -0.475. The van der Waals surface area contributed by atoms with Gasteiger partial charge < -0.3 is 15.4 Å². The minimum Gasteiger partial charge on any atom is -0.463 e. The molecule has 2 aliphatic heterocycles. The van der Waals surface area contributed by atoms with Gasteiger partial charge in [-0.2, -0.15) is 0 Å². The Hall–Kier alpha value is -1.36. The summed E-state index contributed by atoms with van der Waals surface area (Å²) in [5, 5.41) is 0. The van der Waals surface area contributed by atoms with Gasteiger partial charge in [-0.3, -0.25) is 9.59 Å². The van der Waals surface area contributed by atoms with Crippen LogP contribution in [0.15, 0.2) is 12.2 Å². The summed E-state index contributed by atoms with van der Waals surface area (Å²) in [6, 6.07) is -0.465. The number of ether oxygens (including phenoxy) is 1. The lowest BCUT2D eigenvalue weighted by Gasteiger charge is -2.27. The lowest BCUT2D eigenvalue weighted by Crippen LogP contribution is -2.47. The van der Waals surface area contributed by atoms with E-state index < -0.39 is 6.04 Å². The van der Waals surface area contributed by atoms with Crippen molar-refractivity contribution in [1.82, 2.24) is 4.90 Å². The van der Waals surface area contributed by atoms with E-state index in [1.54, 1.807) is 4.90 Å². The zero-order valence-corrected chi connectivity index (χ0v) is 10.5. The molecule has 0 bridgehead atoms. The number of carbonyl (C=O) groups is 2. The lowest BCUT2D eigenvalue weighted by atomic mass is 10.1. The van der Waals surface area contributed by atoms with E-state index in [9.17, 15) is 9.59 Å². The fourth-order valence-electron chi connectivity index (χ4n) is 2.44. The van der Waals surface area contributed by atoms with Crippen LogP contribution < -0.4 is 5.73 Å². The number of hydrogen-bond acceptors (Lipinski definition) is 4. The molecule has 0 aliphatic carbocycles. The summed E-state index contributed by atoms with van der Waals surface area (Å²) in [6.45, 7) is 1.03. The molecule has 1 saturated heterocycles. The molecule has 0 saturated carbocycles. The number of carbonyl (C=O) groups excluding carboxylic acids is 2. The third kappa shape index (κ3) is 3.10. The van der Waals surface area contributed by atoms with Gasteiger partial charge in [-0.15, -0.1) is 0 Å². The van der Waals surface area contributed by atoms with Crippen LogP contribution in [0, 0.1) is 0 Å². The third-order valence-electron chi connectivity index (χ3n) is 3.49. The first-order chi connectivity index (χ1) is 8.68. The van der Waals surface area contributed by atoms with Crippen molar-refractivity contribution >= 4 is 11.9 Å². The highest BCUT2D eigenvalue weighted by molar-refractivity contribution is 5.82. The van der Waals surface area contributed by atoms with Gasteiger partial charge >= 0.3 is 5.97 Å². The maximum absolute atomic E-state index is 12.2. The molecule has 2 rings (SSSR count). The van der Waals surface area contributed by atoms with Crippen molar-refractivity contribution in [2.45, 2.75) is 44.2 Å². The lowest BCUT2D eigenvalue weighted by molar-refractivity contribution is -0.147. The van der Waals surface area contributed by atoms with Gasteiger partial charge in [0.1, 0.15) is 6.61 Å². The molecule has 2 heterocycles. The fraction of sp³-hybridized carbons (Fsp3) is 0.692. The second-order valence-corrected chi connectivity index (χ2v) is 4.86. The van der Waals surface area contributed by atoms with Gasteiger partial charge in [0.25, 0.3) is 0 Å². The molecule has 0 unspecified atom stereocenters. The molecule has 0 aromatic carbocycles. The maximum atomic E-state index is 12.2. The number of esters is 1. The quantitative estimate of drug-likeness (QED) is 0.506. The van der Waals surface area contributed by atoms with Gasteiger partial charge in [0.05, 0.1) is 12.1 Å². The molecule has 0 spiro atoms. The van der Waals surface area contributed by atoms with Crippen LogP contribution in [0.4, 0.5) is 0 Å². The van der Waals surface area contributed by atoms with Crippen molar-refractivity contribution in [3.8, 4) is 0 Å². The van der Waals surface area contributed by atoms with E-state index in [-0.39, 0.29) is 17.9 Å². The molecule has 2 atom stereocenters. The van der Waals surface area contributed by atoms with Crippen LogP contribution in [0.25, 0.3) is 0 Å². The number of hydrogen-bond donors (Lipinski definition) is 1. The highest BCUT2D eigenvalue weighted by atomic mass is 16.5. The Kier molecular flexibility index (Phi) is 4.36. The van der Waals surface area contributed by atoms with Crippen molar-refractivity contribution in [3.63, 3.8) is 0 Å². The molecule has 100 valence electrons. The Labute approximate surface area is 107 Å². The van der Waals surface area contributed by atoms with Crippen molar-refractivity contribution in [1.29, 1.82) is 0 Å². The van der Waals surface area contributed by atoms with Crippen molar-refractivity contribution < 1.29 is 14.3 Å². The van der Waals surface area contributed by atoms with Gasteiger partial charge in [-0.05, 0) is 25.7 Å². The first-order valence-corrected chi connectivity index (χ1v) is 6.55. The largest absolute Gasteiger partial charge is 0.463 e. The molecule has 0 radical (unpaired) electrons. The number of nitrogens with two attached hydrogens (primary N) is 1. The van der Waals surface area contributed by atoms with E-state index >= 15 is 0 Å². The van der Waals surface area contributed by atoms with Crippen LogP contribution in [0.5, 0.6) is 0 Å². The van der Waals surface area contributed by atoms with Crippen molar-refractivity contribution in [2.24, 2.45) is 5.73 Å². The van der Waals surface area contributed by atoms with Crippen LogP contribution in [0.1, 0.15) is 32.1 Å². The summed E-state index contributed by atoms with van der Waals surface area (Å²) in [7, 11) is 0. The topological polar surface area (TPSA) is 72.6 Å². The normalized spacial score (nSPS) is 32.2. The average molecular weight is 252 g/mol. The van der Waals surface area contributed by atoms with Crippen LogP contribution in [-0.2, 0) is 14.3 Å². The molecule has 0 aromatic heterocycles. The van der Waals surface area contributed by atoms with Gasteiger partial charge in [0, 0.05) is 13.0 Å². The second kappa shape index (κ2) is 6.00. The Bertz CT molecular complexity index is 354. The number of allylic oxidation sites excluding steroid dienone is 1. The highest BCUT2D eigenvalue weighted by Crippen LogP contribution is 2.19. The van der Waals surface area contributed by atoms with Gasteiger partial charge in [0.2, 0.25) is 5.91 Å². The standard InChI is InChI=1S/C13H20N2O3/c14-11-6-2-1-3-7-12(16)18-9-10-5-4-8-15(10)13(11)17/h1-2,10-11H,3-9,14H2/b2-1+/t10-,11+/m0/s1.